The molecule has 0 radical (unpaired) electrons. The standard InChI is InChI=1S/C13H31P.C9H18O2/c1-5-8-11-14(4,12-9-6-2)13-10-7-3;1-3-5-6-7-8(4-2)9(10)11/h14H,5-13H2,1-4H3;8H,3-7H2,1-2H3,(H,10,11). The van der Waals surface area contributed by atoms with E-state index in [-0.39, 0.29) is 5.92 Å². The Labute approximate surface area is 159 Å². The number of carbonyl (C=O) groups is 1. The Morgan fingerprint density at radius 2 is 1.16 bits per heavy atom. The average Bonchev–Trinajstić information content (AvgIpc) is 2.60. The van der Waals surface area contributed by atoms with Crippen LogP contribution in [0.15, 0.2) is 0 Å². The topological polar surface area (TPSA) is 37.3 Å². The van der Waals surface area contributed by atoms with Gasteiger partial charge in [0.2, 0.25) is 0 Å². The predicted octanol–water partition coefficient (Wildman–Crippen LogP) is 7.44. The van der Waals surface area contributed by atoms with Crippen molar-refractivity contribution in [3.05, 3.63) is 0 Å². The zero-order chi connectivity index (χ0) is 19.6. The molecule has 0 aliphatic heterocycles. The predicted molar refractivity (Wildman–Crippen MR) is 119 cm³/mol. The third-order valence-electron chi connectivity index (χ3n) is 5.40. The van der Waals surface area contributed by atoms with Crippen LogP contribution in [-0.4, -0.2) is 36.2 Å². The van der Waals surface area contributed by atoms with Gasteiger partial charge in [-0.3, -0.25) is 4.79 Å². The van der Waals surface area contributed by atoms with E-state index in [1.54, 1.807) is 18.5 Å². The molecule has 0 rings (SSSR count). The number of unbranched alkanes of at least 4 members (excludes halogenated alkanes) is 5. The Morgan fingerprint density at radius 1 is 0.760 bits per heavy atom. The van der Waals surface area contributed by atoms with Crippen molar-refractivity contribution >= 4 is 13.2 Å². The molecule has 0 bridgehead atoms. The van der Waals surface area contributed by atoms with Crippen LogP contribution in [0.2, 0.25) is 0 Å². The van der Waals surface area contributed by atoms with E-state index in [0.29, 0.717) is 0 Å². The van der Waals surface area contributed by atoms with Gasteiger partial charge in [-0.2, -0.15) is 0 Å². The normalized spacial score (nSPS) is 13.0. The molecule has 0 aromatic heterocycles. The van der Waals surface area contributed by atoms with Crippen molar-refractivity contribution in [3.63, 3.8) is 0 Å². The van der Waals surface area contributed by atoms with Crippen molar-refractivity contribution in [1.29, 1.82) is 0 Å². The third kappa shape index (κ3) is 17.1. The molecule has 0 aromatic carbocycles. The van der Waals surface area contributed by atoms with Gasteiger partial charge < -0.3 is 5.11 Å². The van der Waals surface area contributed by atoms with E-state index in [0.717, 1.165) is 32.1 Å². The van der Waals surface area contributed by atoms with Gasteiger partial charge in [0.05, 0.1) is 5.92 Å². The van der Waals surface area contributed by atoms with Gasteiger partial charge >= 0.3 is 97.7 Å². The number of rotatable bonds is 15. The van der Waals surface area contributed by atoms with E-state index in [4.69, 9.17) is 5.11 Å². The molecule has 154 valence electrons. The van der Waals surface area contributed by atoms with Crippen LogP contribution in [0.3, 0.4) is 0 Å². The van der Waals surface area contributed by atoms with E-state index >= 15 is 0 Å². The number of aliphatic carboxylic acids is 1. The molecule has 3 heteroatoms. The summed E-state index contributed by atoms with van der Waals surface area (Å²) in [6.45, 7) is 13.7. The SMILES string of the molecule is CCCCCC(CC)C(=O)O.CCCC[PH](C)(CCCC)CCCC. The first-order valence-electron chi connectivity index (χ1n) is 11.1. The fraction of sp³-hybridized carbons (Fsp3) is 0.955. The van der Waals surface area contributed by atoms with Crippen LogP contribution in [0.5, 0.6) is 0 Å². The molecule has 0 saturated heterocycles. The van der Waals surface area contributed by atoms with Gasteiger partial charge in [-0.1, -0.05) is 33.1 Å². The molecule has 0 heterocycles. The fourth-order valence-corrected chi connectivity index (χ4v) is 7.70. The van der Waals surface area contributed by atoms with Gasteiger partial charge in [0.1, 0.15) is 0 Å². The van der Waals surface area contributed by atoms with E-state index in [9.17, 15) is 4.79 Å². The molecule has 2 nitrogen and oxygen atoms in total. The van der Waals surface area contributed by atoms with Crippen molar-refractivity contribution in [3.8, 4) is 0 Å². The van der Waals surface area contributed by atoms with Gasteiger partial charge in [-0.15, -0.1) is 0 Å². The molecular weight excluding hydrogens is 327 g/mol. The molecule has 25 heavy (non-hydrogen) atoms. The Kier molecular flexibility index (Phi) is 20.3. The van der Waals surface area contributed by atoms with Crippen LogP contribution in [0.4, 0.5) is 0 Å². The second-order valence-corrected chi connectivity index (χ2v) is 13.2. The molecule has 1 unspecified atom stereocenters. The second-order valence-electron chi connectivity index (χ2n) is 8.06. The summed E-state index contributed by atoms with van der Waals surface area (Å²) < 4.78 is 0. The van der Waals surface area contributed by atoms with Crippen molar-refractivity contribution in [2.24, 2.45) is 5.92 Å². The van der Waals surface area contributed by atoms with Crippen molar-refractivity contribution < 1.29 is 9.90 Å². The first kappa shape index (κ1) is 27.1. The Bertz CT molecular complexity index is 270. The van der Waals surface area contributed by atoms with E-state index in [2.05, 4.69) is 34.4 Å². The first-order chi connectivity index (χ1) is 11.9. The first-order valence-corrected chi connectivity index (χ1v) is 14.3. The van der Waals surface area contributed by atoms with E-state index in [1.165, 1.54) is 38.5 Å². The summed E-state index contributed by atoms with van der Waals surface area (Å²) >= 11 is 0. The molecular formula is C22H49O2P. The summed E-state index contributed by atoms with van der Waals surface area (Å²) in [5.74, 6) is -0.745. The van der Waals surface area contributed by atoms with Crippen LogP contribution >= 0.6 is 7.26 Å². The molecule has 0 amide bonds. The van der Waals surface area contributed by atoms with Crippen molar-refractivity contribution in [2.75, 3.05) is 25.2 Å². The van der Waals surface area contributed by atoms with Gasteiger partial charge in [0, 0.05) is 0 Å². The molecule has 0 aliphatic carbocycles. The molecule has 0 fully saturated rings. The molecule has 1 atom stereocenters. The van der Waals surface area contributed by atoms with E-state index in [1.807, 2.05) is 6.92 Å². The summed E-state index contributed by atoms with van der Waals surface area (Å²) in [5.41, 5.74) is 0. The Morgan fingerprint density at radius 3 is 1.44 bits per heavy atom. The summed E-state index contributed by atoms with van der Waals surface area (Å²) in [4.78, 5) is 10.5. The molecule has 0 spiro atoms. The molecule has 0 aliphatic rings. The number of hydrogen-bond donors (Lipinski definition) is 1. The summed E-state index contributed by atoms with van der Waals surface area (Å²) in [6, 6.07) is 0. The fourth-order valence-electron chi connectivity index (χ4n) is 3.33. The van der Waals surface area contributed by atoms with Gasteiger partial charge in [-0.05, 0) is 12.8 Å². The quantitative estimate of drug-likeness (QED) is 0.238. The van der Waals surface area contributed by atoms with Gasteiger partial charge in [-0.25, -0.2) is 0 Å². The second kappa shape index (κ2) is 18.7. The van der Waals surface area contributed by atoms with Crippen LogP contribution in [0, 0.1) is 5.92 Å². The Hall–Kier alpha value is -0.100. The Balaban J connectivity index is 0. The van der Waals surface area contributed by atoms with Gasteiger partial charge in [0.25, 0.3) is 0 Å². The van der Waals surface area contributed by atoms with Crippen molar-refractivity contribution in [2.45, 2.75) is 105 Å². The maximum atomic E-state index is 10.5. The molecule has 0 aromatic rings. The molecule has 1 N–H and O–H groups in total. The van der Waals surface area contributed by atoms with E-state index < -0.39 is 13.2 Å². The summed E-state index contributed by atoms with van der Waals surface area (Å²) in [6.07, 6.45) is 18.4. The monoisotopic (exact) mass is 376 g/mol. The zero-order valence-corrected chi connectivity index (χ0v) is 19.3. The summed E-state index contributed by atoms with van der Waals surface area (Å²) in [5, 5.41) is 8.67. The minimum absolute atomic E-state index is 0.110. The number of carboxylic acids is 1. The van der Waals surface area contributed by atoms with Crippen LogP contribution in [0.25, 0.3) is 0 Å². The maximum absolute atomic E-state index is 10.5. The average molecular weight is 377 g/mol. The third-order valence-corrected chi connectivity index (χ3v) is 10.1. The molecule has 0 saturated carbocycles. The van der Waals surface area contributed by atoms with Crippen LogP contribution in [0.1, 0.15) is 105 Å². The minimum atomic E-state index is -0.812. The number of hydrogen-bond acceptors (Lipinski definition) is 1. The number of carboxylic acid groups (broad SMARTS) is 1. The summed E-state index contributed by atoms with van der Waals surface area (Å²) in [7, 11) is -0.812. The van der Waals surface area contributed by atoms with Gasteiger partial charge in [0.15, 0.2) is 0 Å². The van der Waals surface area contributed by atoms with Crippen molar-refractivity contribution in [1.82, 2.24) is 0 Å². The van der Waals surface area contributed by atoms with Crippen LogP contribution in [-0.2, 0) is 4.79 Å². The van der Waals surface area contributed by atoms with Crippen LogP contribution < -0.4 is 0 Å². The zero-order valence-electron chi connectivity index (χ0n) is 18.3.